The van der Waals surface area contributed by atoms with E-state index in [0.29, 0.717) is 12.3 Å². The molecule has 1 aromatic carbocycles. The Hall–Kier alpha value is -2.93. The summed E-state index contributed by atoms with van der Waals surface area (Å²) in [5, 5.41) is 1.09. The molecule has 7 heteroatoms. The zero-order valence-electron chi connectivity index (χ0n) is 14.6. The van der Waals surface area contributed by atoms with Crippen LogP contribution in [-0.4, -0.2) is 40.9 Å². The van der Waals surface area contributed by atoms with Crippen LogP contribution < -0.4 is 10.5 Å². The number of hydrogen-bond donors (Lipinski definition) is 1. The molecule has 1 fully saturated rings. The molecule has 2 aromatic heterocycles. The fourth-order valence-electron chi connectivity index (χ4n) is 3.27. The first kappa shape index (κ1) is 17.5. The highest BCUT2D eigenvalue weighted by atomic mass is 32.1. The third-order valence-corrected chi connectivity index (χ3v) is 5.69. The second-order valence-electron chi connectivity index (χ2n) is 6.52. The first-order valence-electron chi connectivity index (χ1n) is 8.80. The third kappa shape index (κ3) is 3.78. The Morgan fingerprint density at radius 3 is 2.89 bits per heavy atom. The van der Waals surface area contributed by atoms with Gasteiger partial charge in [0.15, 0.2) is 0 Å². The molecule has 1 atom stereocenters. The van der Waals surface area contributed by atoms with Crippen LogP contribution in [0.1, 0.15) is 33.0 Å². The van der Waals surface area contributed by atoms with Crippen LogP contribution in [0.4, 0.5) is 0 Å². The molecule has 1 unspecified atom stereocenters. The predicted molar refractivity (Wildman–Crippen MR) is 104 cm³/mol. The number of carbonyl (C=O) groups excluding carboxylic acids is 2. The summed E-state index contributed by atoms with van der Waals surface area (Å²) in [7, 11) is 0. The van der Waals surface area contributed by atoms with Crippen molar-refractivity contribution >= 4 is 33.2 Å². The molecule has 138 valence electrons. The van der Waals surface area contributed by atoms with Crippen molar-refractivity contribution in [1.29, 1.82) is 0 Å². The normalized spacial score (nSPS) is 17.0. The van der Waals surface area contributed by atoms with Crippen molar-refractivity contribution in [3.63, 3.8) is 0 Å². The lowest BCUT2D eigenvalue weighted by molar-refractivity contribution is 0.0542. The number of amides is 2. The maximum absolute atomic E-state index is 12.9. The Kier molecular flexibility index (Phi) is 4.77. The second-order valence-corrected chi connectivity index (χ2v) is 7.61. The number of fused-ring (bicyclic) bond motifs is 1. The Bertz CT molecular complexity index is 968. The number of aromatic nitrogens is 1. The maximum atomic E-state index is 12.9. The first-order chi connectivity index (χ1) is 13.1. The summed E-state index contributed by atoms with van der Waals surface area (Å²) in [6.45, 7) is 1.23. The number of hydrogen-bond acceptors (Lipinski definition) is 5. The third-order valence-electron chi connectivity index (χ3n) is 4.59. The fourth-order valence-corrected chi connectivity index (χ4v) is 4.30. The zero-order chi connectivity index (χ0) is 18.8. The highest BCUT2D eigenvalue weighted by Crippen LogP contribution is 2.27. The quantitative estimate of drug-likeness (QED) is 0.753. The van der Waals surface area contributed by atoms with Gasteiger partial charge in [0.2, 0.25) is 0 Å². The van der Waals surface area contributed by atoms with Crippen LogP contribution >= 0.6 is 11.3 Å². The molecular weight excluding hydrogens is 362 g/mol. The van der Waals surface area contributed by atoms with Gasteiger partial charge in [-0.25, -0.2) is 0 Å². The molecule has 1 aliphatic heterocycles. The lowest BCUT2D eigenvalue weighted by atomic mass is 10.1. The van der Waals surface area contributed by atoms with E-state index in [1.165, 1.54) is 23.6 Å². The number of nitrogens with two attached hydrogens (primary N) is 1. The number of piperidine rings is 1. The average molecular weight is 381 g/mol. The Morgan fingerprint density at radius 1 is 1.22 bits per heavy atom. The number of rotatable bonds is 4. The van der Waals surface area contributed by atoms with E-state index >= 15 is 0 Å². The van der Waals surface area contributed by atoms with Gasteiger partial charge in [-0.1, -0.05) is 18.2 Å². The zero-order valence-corrected chi connectivity index (χ0v) is 15.4. The van der Waals surface area contributed by atoms with E-state index in [4.69, 9.17) is 10.5 Å². The number of nitrogens with zero attached hydrogens (tertiary/aromatic N) is 2. The molecule has 0 saturated carbocycles. The number of benzene rings is 1. The highest BCUT2D eigenvalue weighted by Gasteiger charge is 2.26. The Labute approximate surface area is 160 Å². The van der Waals surface area contributed by atoms with Gasteiger partial charge in [0.25, 0.3) is 11.8 Å². The molecule has 1 saturated heterocycles. The van der Waals surface area contributed by atoms with E-state index in [9.17, 15) is 9.59 Å². The van der Waals surface area contributed by atoms with Gasteiger partial charge in [0, 0.05) is 23.5 Å². The van der Waals surface area contributed by atoms with E-state index in [1.807, 2.05) is 35.2 Å². The van der Waals surface area contributed by atoms with E-state index in [-0.39, 0.29) is 17.7 Å². The van der Waals surface area contributed by atoms with Gasteiger partial charge in [-0.05, 0) is 36.4 Å². The van der Waals surface area contributed by atoms with Crippen LogP contribution in [-0.2, 0) is 0 Å². The topological polar surface area (TPSA) is 85.5 Å². The summed E-state index contributed by atoms with van der Waals surface area (Å²) >= 11 is 1.52. The molecular formula is C20H19N3O3S. The smallest absolute Gasteiger partial charge is 0.267 e. The Balaban J connectivity index is 1.46. The molecule has 0 bridgehead atoms. The van der Waals surface area contributed by atoms with Crippen molar-refractivity contribution in [2.45, 2.75) is 18.9 Å². The average Bonchev–Trinajstić information content (AvgIpc) is 3.12. The van der Waals surface area contributed by atoms with Gasteiger partial charge in [-0.2, -0.15) is 0 Å². The summed E-state index contributed by atoms with van der Waals surface area (Å²) in [6, 6.07) is 13.2. The van der Waals surface area contributed by atoms with Gasteiger partial charge in [-0.15, -0.1) is 11.3 Å². The van der Waals surface area contributed by atoms with Gasteiger partial charge < -0.3 is 15.4 Å². The molecule has 3 heterocycles. The van der Waals surface area contributed by atoms with Crippen molar-refractivity contribution in [3.05, 3.63) is 59.2 Å². The molecule has 3 aromatic rings. The van der Waals surface area contributed by atoms with Crippen LogP contribution in [0.15, 0.2) is 48.7 Å². The van der Waals surface area contributed by atoms with Crippen molar-refractivity contribution in [3.8, 4) is 5.75 Å². The Morgan fingerprint density at radius 2 is 2.07 bits per heavy atom. The summed E-state index contributed by atoms with van der Waals surface area (Å²) in [4.78, 5) is 30.7. The van der Waals surface area contributed by atoms with E-state index in [2.05, 4.69) is 4.98 Å². The monoisotopic (exact) mass is 381 g/mol. The van der Waals surface area contributed by atoms with Crippen molar-refractivity contribution in [2.75, 3.05) is 13.1 Å². The molecule has 1 aliphatic rings. The number of primary amides is 1. The fraction of sp³-hybridized carbons (Fsp3) is 0.250. The molecule has 0 radical (unpaired) electrons. The summed E-state index contributed by atoms with van der Waals surface area (Å²) in [5.74, 6) is -0.0114. The minimum absolute atomic E-state index is 0.0389. The van der Waals surface area contributed by atoms with Crippen LogP contribution in [0.5, 0.6) is 5.75 Å². The molecule has 0 aliphatic carbocycles. The van der Waals surface area contributed by atoms with Crippen LogP contribution in [0.3, 0.4) is 0 Å². The lowest BCUT2D eigenvalue weighted by Crippen LogP contribution is -2.44. The highest BCUT2D eigenvalue weighted by molar-refractivity contribution is 7.20. The lowest BCUT2D eigenvalue weighted by Gasteiger charge is -2.32. The van der Waals surface area contributed by atoms with Crippen LogP contribution in [0, 0.1) is 0 Å². The first-order valence-corrected chi connectivity index (χ1v) is 9.62. The SMILES string of the molecule is NC(=O)c1cc(OC2CCCN(C(=O)c3cc4ccccc4s3)C2)ccn1. The van der Waals surface area contributed by atoms with E-state index in [0.717, 1.165) is 34.3 Å². The second kappa shape index (κ2) is 7.36. The van der Waals surface area contributed by atoms with Crippen LogP contribution in [0.2, 0.25) is 0 Å². The molecule has 2 amide bonds. The van der Waals surface area contributed by atoms with Crippen molar-refractivity contribution in [2.24, 2.45) is 5.73 Å². The van der Waals surface area contributed by atoms with Crippen molar-refractivity contribution in [1.82, 2.24) is 9.88 Å². The summed E-state index contributed by atoms with van der Waals surface area (Å²) in [6.07, 6.45) is 3.10. The van der Waals surface area contributed by atoms with Crippen molar-refractivity contribution < 1.29 is 14.3 Å². The predicted octanol–water partition coefficient (Wildman–Crippen LogP) is 3.08. The molecule has 6 nitrogen and oxygen atoms in total. The molecule has 27 heavy (non-hydrogen) atoms. The van der Waals surface area contributed by atoms with Gasteiger partial charge in [0.1, 0.15) is 17.5 Å². The number of likely N-dealkylation sites (tertiary alicyclic amines) is 1. The molecule has 0 spiro atoms. The maximum Gasteiger partial charge on any atom is 0.267 e. The van der Waals surface area contributed by atoms with E-state index in [1.54, 1.807) is 6.07 Å². The largest absolute Gasteiger partial charge is 0.488 e. The number of pyridine rings is 1. The molecule has 4 rings (SSSR count). The molecule has 2 N–H and O–H groups in total. The van der Waals surface area contributed by atoms with Gasteiger partial charge in [0.05, 0.1) is 11.4 Å². The summed E-state index contributed by atoms with van der Waals surface area (Å²) < 4.78 is 7.10. The van der Waals surface area contributed by atoms with Crippen LogP contribution in [0.25, 0.3) is 10.1 Å². The van der Waals surface area contributed by atoms with Gasteiger partial charge >= 0.3 is 0 Å². The van der Waals surface area contributed by atoms with E-state index < -0.39 is 5.91 Å². The number of ether oxygens (including phenoxy) is 1. The minimum Gasteiger partial charge on any atom is -0.488 e. The number of thiophene rings is 1. The number of carbonyl (C=O) groups is 2. The summed E-state index contributed by atoms with van der Waals surface area (Å²) in [5.41, 5.74) is 5.43. The minimum atomic E-state index is -0.592. The van der Waals surface area contributed by atoms with Gasteiger partial charge in [-0.3, -0.25) is 14.6 Å². The standard InChI is InChI=1S/C20H19N3O3S/c21-19(24)16-11-14(7-8-22-16)26-15-5-3-9-23(12-15)20(25)18-10-13-4-1-2-6-17(13)27-18/h1-2,4,6-8,10-11,15H,3,5,9,12H2,(H2,21,24).